The molecular formula is C49H86NO8P. The fraction of sp³-hybridized carbons (Fsp3) is 0.714. The van der Waals surface area contributed by atoms with E-state index in [1.54, 1.807) is 0 Å². The van der Waals surface area contributed by atoms with Crippen LogP contribution in [-0.4, -0.2) is 49.3 Å². The van der Waals surface area contributed by atoms with E-state index in [-0.39, 0.29) is 32.6 Å². The van der Waals surface area contributed by atoms with Crippen LogP contribution >= 0.6 is 7.82 Å². The molecule has 0 radical (unpaired) electrons. The summed E-state index contributed by atoms with van der Waals surface area (Å²) in [6, 6.07) is 0. The first-order valence-electron chi connectivity index (χ1n) is 23.4. The summed E-state index contributed by atoms with van der Waals surface area (Å²) in [4.78, 5) is 34.9. The first-order valence-corrected chi connectivity index (χ1v) is 24.9. The molecule has 0 bridgehead atoms. The van der Waals surface area contributed by atoms with E-state index in [1.165, 1.54) is 109 Å². The molecule has 0 amide bonds. The molecule has 0 saturated carbocycles. The number of phosphoric ester groups is 1. The zero-order valence-corrected chi connectivity index (χ0v) is 38.4. The number of rotatable bonds is 43. The monoisotopic (exact) mass is 848 g/mol. The van der Waals surface area contributed by atoms with Crippen molar-refractivity contribution in [1.82, 2.24) is 0 Å². The number of unbranched alkanes of at least 4 members (excludes halogenated alkanes) is 18. The molecule has 9 nitrogen and oxygen atoms in total. The number of allylic oxidation sites excluding steroid dienone is 12. The van der Waals surface area contributed by atoms with Crippen molar-refractivity contribution in [2.45, 2.75) is 200 Å². The number of ether oxygens (including phenoxy) is 2. The number of carbonyl (C=O) groups is 2. The van der Waals surface area contributed by atoms with Crippen LogP contribution in [0.25, 0.3) is 0 Å². The Morgan fingerprint density at radius 2 is 0.915 bits per heavy atom. The maximum Gasteiger partial charge on any atom is 0.472 e. The molecule has 0 heterocycles. The third-order valence-corrected chi connectivity index (χ3v) is 10.6. The Balaban J connectivity index is 4.23. The van der Waals surface area contributed by atoms with Gasteiger partial charge in [0.15, 0.2) is 6.10 Å². The Hall–Kier alpha value is -2.55. The Morgan fingerprint density at radius 3 is 1.42 bits per heavy atom. The highest BCUT2D eigenvalue weighted by molar-refractivity contribution is 7.47. The second-order valence-corrected chi connectivity index (χ2v) is 16.7. The quantitative estimate of drug-likeness (QED) is 0.0266. The summed E-state index contributed by atoms with van der Waals surface area (Å²) in [6.07, 6.45) is 55.2. The van der Waals surface area contributed by atoms with Gasteiger partial charge in [-0.3, -0.25) is 18.6 Å². The Labute approximate surface area is 361 Å². The van der Waals surface area contributed by atoms with Gasteiger partial charge in [0, 0.05) is 19.4 Å². The molecule has 0 spiro atoms. The third kappa shape index (κ3) is 44.8. The molecule has 0 saturated heterocycles. The Kier molecular flexibility index (Phi) is 43.0. The SMILES string of the molecule is CCCCC/C=C\C/C=C\C/C=C\C/C=C\C/C=C\CCC(=O)OC[C@H](COP(=O)(O)OCCN)OC(=O)CCCCCCCCCCC/C=C\CCCCCCCC. The molecule has 0 aromatic carbocycles. The van der Waals surface area contributed by atoms with Crippen LogP contribution in [0.15, 0.2) is 72.9 Å². The molecule has 10 heteroatoms. The fourth-order valence-electron chi connectivity index (χ4n) is 6.08. The number of phosphoric acid groups is 1. The molecule has 340 valence electrons. The van der Waals surface area contributed by atoms with E-state index in [2.05, 4.69) is 74.6 Å². The van der Waals surface area contributed by atoms with Crippen molar-refractivity contribution in [3.8, 4) is 0 Å². The minimum atomic E-state index is -4.40. The van der Waals surface area contributed by atoms with Crippen molar-refractivity contribution in [3.05, 3.63) is 72.9 Å². The minimum absolute atomic E-state index is 0.0409. The van der Waals surface area contributed by atoms with E-state index in [4.69, 9.17) is 24.3 Å². The highest BCUT2D eigenvalue weighted by Crippen LogP contribution is 2.43. The molecule has 0 fully saturated rings. The van der Waals surface area contributed by atoms with Crippen LogP contribution in [0.3, 0.4) is 0 Å². The molecule has 0 aliphatic rings. The maximum atomic E-state index is 12.6. The van der Waals surface area contributed by atoms with E-state index < -0.39 is 32.5 Å². The van der Waals surface area contributed by atoms with Gasteiger partial charge in [0.05, 0.1) is 13.2 Å². The van der Waals surface area contributed by atoms with Crippen LogP contribution in [0.4, 0.5) is 0 Å². The summed E-state index contributed by atoms with van der Waals surface area (Å²) in [6.45, 7) is 3.62. The standard InChI is InChI=1S/C49H86NO8P/c1-3-5-7-9-11-13-15-17-19-21-23-25-27-29-31-33-35-37-39-41-48(51)55-45-47(46-57-59(53,54)56-44-43-50)58-49(52)42-40-38-36-34-32-30-28-26-24-22-20-18-16-14-12-10-8-6-4-2/h11,13,17-20,23,25,29,31,35,37,47H,3-10,12,14-16,21-22,24,26-28,30,32-34,36,38-46,50H2,1-2H3,(H,53,54)/b13-11-,19-17-,20-18-,25-23-,31-29-,37-35-/t47-/m1/s1. The normalized spacial score (nSPS) is 13.9. The zero-order chi connectivity index (χ0) is 43.2. The molecule has 0 aromatic rings. The van der Waals surface area contributed by atoms with Gasteiger partial charge < -0.3 is 20.1 Å². The average Bonchev–Trinajstić information content (AvgIpc) is 3.22. The predicted molar refractivity (Wildman–Crippen MR) is 247 cm³/mol. The molecular weight excluding hydrogens is 762 g/mol. The van der Waals surface area contributed by atoms with Gasteiger partial charge in [-0.25, -0.2) is 4.57 Å². The number of esters is 2. The summed E-state index contributed by atoms with van der Waals surface area (Å²) < 4.78 is 32.8. The molecule has 0 aliphatic carbocycles. The fourth-order valence-corrected chi connectivity index (χ4v) is 6.85. The topological polar surface area (TPSA) is 134 Å². The van der Waals surface area contributed by atoms with Crippen LogP contribution in [0, 0.1) is 0 Å². The maximum absolute atomic E-state index is 12.6. The Morgan fingerprint density at radius 1 is 0.508 bits per heavy atom. The van der Waals surface area contributed by atoms with Crippen molar-refractivity contribution in [2.75, 3.05) is 26.4 Å². The lowest BCUT2D eigenvalue weighted by molar-refractivity contribution is -0.161. The smallest absolute Gasteiger partial charge is 0.462 e. The molecule has 2 atom stereocenters. The largest absolute Gasteiger partial charge is 0.472 e. The average molecular weight is 848 g/mol. The van der Waals surface area contributed by atoms with Crippen LogP contribution in [-0.2, 0) is 32.7 Å². The summed E-state index contributed by atoms with van der Waals surface area (Å²) in [7, 11) is -4.40. The summed E-state index contributed by atoms with van der Waals surface area (Å²) in [5, 5.41) is 0. The van der Waals surface area contributed by atoms with Crippen molar-refractivity contribution in [1.29, 1.82) is 0 Å². The van der Waals surface area contributed by atoms with Crippen molar-refractivity contribution in [3.63, 3.8) is 0 Å². The van der Waals surface area contributed by atoms with Crippen LogP contribution in [0.5, 0.6) is 0 Å². The lowest BCUT2D eigenvalue weighted by atomic mass is 10.1. The molecule has 0 aromatic heterocycles. The van der Waals surface area contributed by atoms with Gasteiger partial charge in [0.2, 0.25) is 0 Å². The van der Waals surface area contributed by atoms with E-state index in [0.717, 1.165) is 44.9 Å². The molecule has 1 unspecified atom stereocenters. The zero-order valence-electron chi connectivity index (χ0n) is 37.5. The summed E-state index contributed by atoms with van der Waals surface area (Å²) >= 11 is 0. The first-order chi connectivity index (χ1) is 28.8. The molecule has 0 rings (SSSR count). The summed E-state index contributed by atoms with van der Waals surface area (Å²) in [5.41, 5.74) is 5.35. The number of hydrogen-bond donors (Lipinski definition) is 2. The predicted octanol–water partition coefficient (Wildman–Crippen LogP) is 13.8. The lowest BCUT2D eigenvalue weighted by Crippen LogP contribution is -2.29. The van der Waals surface area contributed by atoms with Gasteiger partial charge in [-0.15, -0.1) is 0 Å². The van der Waals surface area contributed by atoms with Gasteiger partial charge in [-0.05, 0) is 77.0 Å². The van der Waals surface area contributed by atoms with Crippen LogP contribution in [0.1, 0.15) is 194 Å². The molecule has 59 heavy (non-hydrogen) atoms. The van der Waals surface area contributed by atoms with Crippen molar-refractivity contribution in [2.24, 2.45) is 5.73 Å². The lowest BCUT2D eigenvalue weighted by Gasteiger charge is -2.19. The highest BCUT2D eigenvalue weighted by Gasteiger charge is 2.25. The minimum Gasteiger partial charge on any atom is -0.462 e. The second kappa shape index (κ2) is 45.0. The Bertz CT molecular complexity index is 1190. The van der Waals surface area contributed by atoms with Gasteiger partial charge in [-0.1, -0.05) is 177 Å². The van der Waals surface area contributed by atoms with E-state index >= 15 is 0 Å². The van der Waals surface area contributed by atoms with E-state index in [9.17, 15) is 19.0 Å². The number of nitrogens with two attached hydrogens (primary N) is 1. The van der Waals surface area contributed by atoms with Gasteiger partial charge >= 0.3 is 19.8 Å². The first kappa shape index (κ1) is 56.5. The highest BCUT2D eigenvalue weighted by atomic mass is 31.2. The van der Waals surface area contributed by atoms with Gasteiger partial charge in [-0.2, -0.15) is 0 Å². The number of hydrogen-bond acceptors (Lipinski definition) is 8. The molecule has 0 aliphatic heterocycles. The second-order valence-electron chi connectivity index (χ2n) is 15.3. The summed E-state index contributed by atoms with van der Waals surface area (Å²) in [5.74, 6) is -0.929. The van der Waals surface area contributed by atoms with Crippen LogP contribution in [0.2, 0.25) is 0 Å². The van der Waals surface area contributed by atoms with Gasteiger partial charge in [0.25, 0.3) is 0 Å². The van der Waals surface area contributed by atoms with Crippen molar-refractivity contribution >= 4 is 19.8 Å². The van der Waals surface area contributed by atoms with Crippen molar-refractivity contribution < 1.29 is 37.6 Å². The number of carbonyl (C=O) groups excluding carboxylic acids is 2. The molecule has 3 N–H and O–H groups in total. The van der Waals surface area contributed by atoms with Crippen LogP contribution < -0.4 is 5.73 Å². The van der Waals surface area contributed by atoms with Gasteiger partial charge in [0.1, 0.15) is 6.61 Å². The van der Waals surface area contributed by atoms with E-state index in [1.807, 2.05) is 12.2 Å². The van der Waals surface area contributed by atoms with E-state index in [0.29, 0.717) is 12.8 Å². The third-order valence-electron chi connectivity index (χ3n) is 9.58.